The SMILES string of the molecule is O=C(N[C@@H](CO)Cc1c[nH]c2ccccc12)c1cc(-c2cccc(-c3ccccc3)c2)cc2c1OCCO2. The van der Waals surface area contributed by atoms with Crippen LogP contribution in [-0.2, 0) is 6.42 Å². The highest BCUT2D eigenvalue weighted by molar-refractivity contribution is 6.00. The molecular formula is C32H28N2O4. The Morgan fingerprint density at radius 1 is 0.842 bits per heavy atom. The molecule has 1 amide bonds. The molecule has 0 spiro atoms. The molecule has 2 heterocycles. The van der Waals surface area contributed by atoms with E-state index in [-0.39, 0.29) is 12.5 Å². The van der Waals surface area contributed by atoms with Crippen LogP contribution in [0.15, 0.2) is 97.2 Å². The predicted octanol–water partition coefficient (Wildman–Crippen LogP) is 5.61. The number of amides is 1. The van der Waals surface area contributed by atoms with Crippen LogP contribution in [0.4, 0.5) is 0 Å². The number of ether oxygens (including phenoxy) is 2. The van der Waals surface area contributed by atoms with Crippen LogP contribution in [0.25, 0.3) is 33.2 Å². The molecule has 6 heteroatoms. The largest absolute Gasteiger partial charge is 0.486 e. The van der Waals surface area contributed by atoms with Gasteiger partial charge in [0.1, 0.15) is 13.2 Å². The van der Waals surface area contributed by atoms with Crippen LogP contribution in [0.1, 0.15) is 15.9 Å². The molecule has 38 heavy (non-hydrogen) atoms. The highest BCUT2D eigenvalue weighted by Crippen LogP contribution is 2.39. The predicted molar refractivity (Wildman–Crippen MR) is 149 cm³/mol. The Morgan fingerprint density at radius 2 is 1.58 bits per heavy atom. The lowest BCUT2D eigenvalue weighted by atomic mass is 9.96. The average molecular weight is 505 g/mol. The van der Waals surface area contributed by atoms with Gasteiger partial charge >= 0.3 is 0 Å². The third-order valence-electron chi connectivity index (χ3n) is 6.89. The second kappa shape index (κ2) is 10.4. The van der Waals surface area contributed by atoms with Gasteiger partial charge in [0, 0.05) is 17.1 Å². The lowest BCUT2D eigenvalue weighted by Crippen LogP contribution is -2.39. The number of rotatable bonds is 7. The molecule has 0 saturated carbocycles. The third-order valence-corrected chi connectivity index (χ3v) is 6.89. The lowest BCUT2D eigenvalue weighted by molar-refractivity contribution is 0.0906. The van der Waals surface area contributed by atoms with Crippen LogP contribution in [0, 0.1) is 0 Å². The molecule has 1 aromatic heterocycles. The smallest absolute Gasteiger partial charge is 0.255 e. The van der Waals surface area contributed by atoms with Gasteiger partial charge in [-0.05, 0) is 58.5 Å². The Hall–Kier alpha value is -4.55. The van der Waals surface area contributed by atoms with Gasteiger partial charge in [0.15, 0.2) is 11.5 Å². The highest BCUT2D eigenvalue weighted by atomic mass is 16.6. The van der Waals surface area contributed by atoms with E-state index in [1.807, 2.05) is 72.9 Å². The molecule has 0 fully saturated rings. The zero-order chi connectivity index (χ0) is 25.9. The van der Waals surface area contributed by atoms with Gasteiger partial charge < -0.3 is 24.9 Å². The minimum absolute atomic E-state index is 0.191. The van der Waals surface area contributed by atoms with Gasteiger partial charge in [-0.25, -0.2) is 0 Å². The van der Waals surface area contributed by atoms with E-state index in [9.17, 15) is 9.90 Å². The van der Waals surface area contributed by atoms with Crippen LogP contribution in [0.2, 0.25) is 0 Å². The molecular weight excluding hydrogens is 476 g/mol. The molecule has 0 aliphatic carbocycles. The fourth-order valence-electron chi connectivity index (χ4n) is 4.99. The molecule has 3 N–H and O–H groups in total. The fraction of sp³-hybridized carbons (Fsp3) is 0.156. The number of H-pyrrole nitrogens is 1. The molecule has 0 radical (unpaired) electrons. The Labute approximate surface area is 220 Å². The first-order chi connectivity index (χ1) is 18.7. The van der Waals surface area contributed by atoms with E-state index in [2.05, 4.69) is 34.6 Å². The Bertz CT molecular complexity index is 1590. The van der Waals surface area contributed by atoms with Gasteiger partial charge in [0.2, 0.25) is 0 Å². The van der Waals surface area contributed by atoms with Crippen molar-refractivity contribution in [3.05, 3.63) is 108 Å². The summed E-state index contributed by atoms with van der Waals surface area (Å²) in [7, 11) is 0. The number of hydrogen-bond acceptors (Lipinski definition) is 4. The average Bonchev–Trinajstić information content (AvgIpc) is 3.39. The van der Waals surface area contributed by atoms with E-state index in [0.29, 0.717) is 36.7 Å². The van der Waals surface area contributed by atoms with E-state index in [1.54, 1.807) is 0 Å². The van der Waals surface area contributed by atoms with Crippen LogP contribution in [0.3, 0.4) is 0 Å². The molecule has 1 aliphatic rings. The molecule has 1 aliphatic heterocycles. The van der Waals surface area contributed by atoms with Crippen LogP contribution in [-0.4, -0.2) is 41.9 Å². The maximum Gasteiger partial charge on any atom is 0.255 e. The summed E-state index contributed by atoms with van der Waals surface area (Å²) in [6, 6.07) is 29.7. The Balaban J connectivity index is 1.31. The van der Waals surface area contributed by atoms with Crippen molar-refractivity contribution in [2.24, 2.45) is 0 Å². The van der Waals surface area contributed by atoms with Crippen molar-refractivity contribution >= 4 is 16.8 Å². The van der Waals surface area contributed by atoms with Gasteiger partial charge in [-0.3, -0.25) is 4.79 Å². The van der Waals surface area contributed by atoms with Crippen LogP contribution >= 0.6 is 0 Å². The first kappa shape index (κ1) is 23.8. The van der Waals surface area contributed by atoms with Crippen LogP contribution in [0.5, 0.6) is 11.5 Å². The monoisotopic (exact) mass is 504 g/mol. The van der Waals surface area contributed by atoms with E-state index >= 15 is 0 Å². The summed E-state index contributed by atoms with van der Waals surface area (Å²) in [4.78, 5) is 16.8. The molecule has 1 atom stereocenters. The second-order valence-corrected chi connectivity index (χ2v) is 9.41. The Kier molecular flexibility index (Phi) is 6.54. The molecule has 4 aromatic carbocycles. The summed E-state index contributed by atoms with van der Waals surface area (Å²) in [5, 5.41) is 14.2. The van der Waals surface area contributed by atoms with Crippen LogP contribution < -0.4 is 14.8 Å². The standard InChI is InChI=1S/C32H28N2O4/c35-20-26(16-25-19-33-29-12-5-4-11-27(25)29)34-32(36)28-17-24(18-30-31(28)38-14-13-37-30)23-10-6-9-22(15-23)21-7-2-1-3-8-21/h1-12,15,17-19,26,33,35H,13-14,16,20H2,(H,34,36)/t26-/m1/s1. The fourth-order valence-corrected chi connectivity index (χ4v) is 4.99. The molecule has 6 rings (SSSR count). The van der Waals surface area contributed by atoms with Crippen molar-refractivity contribution in [3.63, 3.8) is 0 Å². The summed E-state index contributed by atoms with van der Waals surface area (Å²) in [6.07, 6.45) is 2.42. The number of aromatic amines is 1. The number of para-hydroxylation sites is 1. The zero-order valence-electron chi connectivity index (χ0n) is 20.8. The molecule has 0 saturated heterocycles. The molecule has 0 bridgehead atoms. The second-order valence-electron chi connectivity index (χ2n) is 9.41. The van der Waals surface area contributed by atoms with Crippen molar-refractivity contribution in [3.8, 4) is 33.8 Å². The van der Waals surface area contributed by atoms with Gasteiger partial charge in [0.05, 0.1) is 18.2 Å². The normalized spacial score (nSPS) is 13.3. The van der Waals surface area contributed by atoms with Crippen molar-refractivity contribution in [2.75, 3.05) is 19.8 Å². The molecule has 190 valence electrons. The topological polar surface area (TPSA) is 83.6 Å². The third kappa shape index (κ3) is 4.74. The lowest BCUT2D eigenvalue weighted by Gasteiger charge is -2.23. The first-order valence-electron chi connectivity index (χ1n) is 12.8. The summed E-state index contributed by atoms with van der Waals surface area (Å²) in [6.45, 7) is 0.597. The van der Waals surface area contributed by atoms with Crippen molar-refractivity contribution in [2.45, 2.75) is 12.5 Å². The van der Waals surface area contributed by atoms with Crippen molar-refractivity contribution < 1.29 is 19.4 Å². The molecule has 5 aromatic rings. The van der Waals surface area contributed by atoms with Gasteiger partial charge in [-0.1, -0.05) is 66.7 Å². The van der Waals surface area contributed by atoms with Crippen molar-refractivity contribution in [1.82, 2.24) is 10.3 Å². The summed E-state index contributed by atoms with van der Waals surface area (Å²) in [5.74, 6) is 0.661. The number of fused-ring (bicyclic) bond motifs is 2. The number of nitrogens with one attached hydrogen (secondary N) is 2. The Morgan fingerprint density at radius 3 is 2.42 bits per heavy atom. The number of aliphatic hydroxyl groups is 1. The number of carbonyl (C=O) groups excluding carboxylic acids is 1. The molecule has 6 nitrogen and oxygen atoms in total. The quantitative estimate of drug-likeness (QED) is 0.269. The number of hydrogen-bond donors (Lipinski definition) is 3. The van der Waals surface area contributed by atoms with Gasteiger partial charge in [-0.2, -0.15) is 0 Å². The number of carbonyl (C=O) groups is 1. The van der Waals surface area contributed by atoms with Gasteiger partial charge in [-0.15, -0.1) is 0 Å². The molecule has 0 unspecified atom stereocenters. The highest BCUT2D eigenvalue weighted by Gasteiger charge is 2.25. The minimum Gasteiger partial charge on any atom is -0.486 e. The maximum absolute atomic E-state index is 13.6. The number of aromatic nitrogens is 1. The van der Waals surface area contributed by atoms with Gasteiger partial charge in [0.25, 0.3) is 5.91 Å². The van der Waals surface area contributed by atoms with E-state index in [0.717, 1.165) is 38.7 Å². The number of benzene rings is 4. The summed E-state index contributed by atoms with van der Waals surface area (Å²) >= 11 is 0. The summed E-state index contributed by atoms with van der Waals surface area (Å²) < 4.78 is 11.8. The van der Waals surface area contributed by atoms with Crippen molar-refractivity contribution in [1.29, 1.82) is 0 Å². The maximum atomic E-state index is 13.6. The zero-order valence-corrected chi connectivity index (χ0v) is 20.8. The van der Waals surface area contributed by atoms with E-state index < -0.39 is 6.04 Å². The first-order valence-corrected chi connectivity index (χ1v) is 12.8. The van der Waals surface area contributed by atoms with E-state index in [1.165, 1.54) is 0 Å². The summed E-state index contributed by atoms with van der Waals surface area (Å²) in [5.41, 5.74) is 6.48. The minimum atomic E-state index is -0.466. The van der Waals surface area contributed by atoms with E-state index in [4.69, 9.17) is 9.47 Å². The number of aliphatic hydroxyl groups excluding tert-OH is 1.